The lowest BCUT2D eigenvalue weighted by molar-refractivity contribution is 1.38. The summed E-state index contributed by atoms with van der Waals surface area (Å²) in [6, 6.07) is 16.5. The van der Waals surface area contributed by atoms with Crippen molar-refractivity contribution in [1.82, 2.24) is 0 Å². The lowest BCUT2D eigenvalue weighted by Gasteiger charge is -2.01. The predicted molar refractivity (Wildman–Crippen MR) is 76.7 cm³/mol. The summed E-state index contributed by atoms with van der Waals surface area (Å²) in [6.45, 7) is 2.09. The van der Waals surface area contributed by atoms with Crippen LogP contribution in [0.25, 0.3) is 0 Å². The van der Waals surface area contributed by atoms with Gasteiger partial charge in [-0.3, -0.25) is 4.99 Å². The molecule has 0 spiro atoms. The summed E-state index contributed by atoms with van der Waals surface area (Å²) in [6.07, 6.45) is 3.98. The van der Waals surface area contributed by atoms with Gasteiger partial charge >= 0.3 is 0 Å². The van der Waals surface area contributed by atoms with E-state index in [1.165, 1.54) is 10.5 Å². The molecular formula is C15H15NS. The average molecular weight is 241 g/mol. The molecule has 0 atom stereocenters. The molecule has 86 valence electrons. The Balaban J connectivity index is 2.22. The van der Waals surface area contributed by atoms with Crippen LogP contribution in [-0.4, -0.2) is 12.5 Å². The topological polar surface area (TPSA) is 12.4 Å². The third-order valence-corrected chi connectivity index (χ3v) is 3.30. The van der Waals surface area contributed by atoms with Gasteiger partial charge < -0.3 is 0 Å². The lowest BCUT2D eigenvalue weighted by Crippen LogP contribution is -1.81. The van der Waals surface area contributed by atoms with Crippen LogP contribution in [0.4, 0.5) is 5.69 Å². The second kappa shape index (κ2) is 5.69. The van der Waals surface area contributed by atoms with Crippen LogP contribution in [0.3, 0.4) is 0 Å². The molecule has 2 aromatic carbocycles. The SMILES string of the molecule is CSc1ccccc1N=Cc1ccc(C)cc1. The maximum absolute atomic E-state index is 4.53. The Morgan fingerprint density at radius 1 is 1.00 bits per heavy atom. The number of aliphatic imine (C=N–C) groups is 1. The van der Waals surface area contributed by atoms with E-state index in [-0.39, 0.29) is 0 Å². The fourth-order valence-corrected chi connectivity index (χ4v) is 2.08. The van der Waals surface area contributed by atoms with Crippen LogP contribution >= 0.6 is 11.8 Å². The zero-order chi connectivity index (χ0) is 12.1. The number of thioether (sulfide) groups is 1. The van der Waals surface area contributed by atoms with Crippen LogP contribution in [0.5, 0.6) is 0 Å². The minimum Gasteiger partial charge on any atom is -0.255 e. The molecule has 0 saturated carbocycles. The van der Waals surface area contributed by atoms with E-state index < -0.39 is 0 Å². The van der Waals surface area contributed by atoms with Crippen molar-refractivity contribution in [1.29, 1.82) is 0 Å². The number of rotatable bonds is 3. The van der Waals surface area contributed by atoms with Crippen molar-refractivity contribution in [3.63, 3.8) is 0 Å². The zero-order valence-electron chi connectivity index (χ0n) is 10.1. The van der Waals surface area contributed by atoms with Gasteiger partial charge in [-0.2, -0.15) is 0 Å². The number of aryl methyl sites for hydroxylation is 1. The number of para-hydroxylation sites is 1. The van der Waals surface area contributed by atoms with Crippen molar-refractivity contribution in [2.45, 2.75) is 11.8 Å². The molecule has 0 fully saturated rings. The number of hydrogen-bond donors (Lipinski definition) is 0. The van der Waals surface area contributed by atoms with Crippen molar-refractivity contribution >= 4 is 23.7 Å². The van der Waals surface area contributed by atoms with Gasteiger partial charge in [0.2, 0.25) is 0 Å². The smallest absolute Gasteiger partial charge is 0.0765 e. The Morgan fingerprint density at radius 2 is 1.71 bits per heavy atom. The van der Waals surface area contributed by atoms with Crippen molar-refractivity contribution in [2.24, 2.45) is 4.99 Å². The number of nitrogens with zero attached hydrogens (tertiary/aromatic N) is 1. The molecular weight excluding hydrogens is 226 g/mol. The molecule has 0 bridgehead atoms. The second-order valence-electron chi connectivity index (χ2n) is 3.84. The third kappa shape index (κ3) is 3.21. The van der Waals surface area contributed by atoms with Crippen LogP contribution < -0.4 is 0 Å². The normalized spacial score (nSPS) is 10.9. The van der Waals surface area contributed by atoms with Crippen molar-refractivity contribution < 1.29 is 0 Å². The van der Waals surface area contributed by atoms with Gasteiger partial charge in [0.05, 0.1) is 5.69 Å². The number of hydrogen-bond acceptors (Lipinski definition) is 2. The van der Waals surface area contributed by atoms with Gasteiger partial charge in [0, 0.05) is 11.1 Å². The van der Waals surface area contributed by atoms with Crippen LogP contribution in [0, 0.1) is 6.92 Å². The first kappa shape index (κ1) is 11.9. The fourth-order valence-electron chi connectivity index (χ4n) is 1.53. The first-order valence-electron chi connectivity index (χ1n) is 5.53. The Bertz CT molecular complexity index is 515. The maximum Gasteiger partial charge on any atom is 0.0765 e. The van der Waals surface area contributed by atoms with E-state index in [9.17, 15) is 0 Å². The van der Waals surface area contributed by atoms with Crippen LogP contribution in [-0.2, 0) is 0 Å². The van der Waals surface area contributed by atoms with E-state index in [0.717, 1.165) is 11.3 Å². The van der Waals surface area contributed by atoms with Crippen LogP contribution in [0.15, 0.2) is 58.4 Å². The first-order valence-corrected chi connectivity index (χ1v) is 6.76. The Kier molecular flexibility index (Phi) is 3.99. The fraction of sp³-hybridized carbons (Fsp3) is 0.133. The molecule has 0 heterocycles. The minimum atomic E-state index is 1.03. The zero-order valence-corrected chi connectivity index (χ0v) is 10.9. The molecule has 0 amide bonds. The van der Waals surface area contributed by atoms with Crippen molar-refractivity contribution in [2.75, 3.05) is 6.26 Å². The van der Waals surface area contributed by atoms with Gasteiger partial charge in [-0.05, 0) is 30.9 Å². The quantitative estimate of drug-likeness (QED) is 0.570. The Morgan fingerprint density at radius 3 is 2.41 bits per heavy atom. The molecule has 2 rings (SSSR count). The van der Waals surface area contributed by atoms with Gasteiger partial charge in [-0.25, -0.2) is 0 Å². The van der Waals surface area contributed by atoms with Gasteiger partial charge in [0.25, 0.3) is 0 Å². The average Bonchev–Trinajstić information content (AvgIpc) is 2.38. The molecule has 2 aromatic rings. The second-order valence-corrected chi connectivity index (χ2v) is 4.69. The van der Waals surface area contributed by atoms with Gasteiger partial charge in [0.1, 0.15) is 0 Å². The summed E-state index contributed by atoms with van der Waals surface area (Å²) < 4.78 is 0. The highest BCUT2D eigenvalue weighted by atomic mass is 32.2. The third-order valence-electron chi connectivity index (χ3n) is 2.52. The highest BCUT2D eigenvalue weighted by Gasteiger charge is 1.96. The maximum atomic E-state index is 4.53. The van der Waals surface area contributed by atoms with E-state index in [2.05, 4.69) is 48.5 Å². The van der Waals surface area contributed by atoms with Crippen LogP contribution in [0.2, 0.25) is 0 Å². The Hall–Kier alpha value is -1.54. The van der Waals surface area contributed by atoms with E-state index in [4.69, 9.17) is 0 Å². The summed E-state index contributed by atoms with van der Waals surface area (Å²) in [5, 5.41) is 0. The molecule has 2 heteroatoms. The molecule has 1 nitrogen and oxygen atoms in total. The molecule has 0 aliphatic heterocycles. The summed E-state index contributed by atoms with van der Waals surface area (Å²) in [7, 11) is 0. The van der Waals surface area contributed by atoms with Crippen molar-refractivity contribution in [3.8, 4) is 0 Å². The highest BCUT2D eigenvalue weighted by molar-refractivity contribution is 7.98. The summed E-state index contributed by atoms with van der Waals surface area (Å²) in [5.74, 6) is 0. The molecule has 0 unspecified atom stereocenters. The standard InChI is InChI=1S/C15H15NS/c1-12-7-9-13(10-8-12)11-16-14-5-3-4-6-15(14)17-2/h3-11H,1-2H3. The largest absolute Gasteiger partial charge is 0.255 e. The van der Waals surface area contributed by atoms with Gasteiger partial charge in [-0.15, -0.1) is 11.8 Å². The highest BCUT2D eigenvalue weighted by Crippen LogP contribution is 2.27. The molecule has 0 aliphatic rings. The lowest BCUT2D eigenvalue weighted by atomic mass is 10.2. The van der Waals surface area contributed by atoms with Crippen molar-refractivity contribution in [3.05, 3.63) is 59.7 Å². The molecule has 0 radical (unpaired) electrons. The molecule has 0 saturated heterocycles. The van der Waals surface area contributed by atoms with Gasteiger partial charge in [-0.1, -0.05) is 42.0 Å². The monoisotopic (exact) mass is 241 g/mol. The molecule has 0 N–H and O–H groups in total. The van der Waals surface area contributed by atoms with E-state index >= 15 is 0 Å². The number of benzene rings is 2. The summed E-state index contributed by atoms with van der Waals surface area (Å²) in [5.41, 5.74) is 3.43. The van der Waals surface area contributed by atoms with Gasteiger partial charge in [0.15, 0.2) is 0 Å². The first-order chi connectivity index (χ1) is 8.29. The summed E-state index contributed by atoms with van der Waals surface area (Å²) >= 11 is 1.72. The molecule has 17 heavy (non-hydrogen) atoms. The minimum absolute atomic E-state index is 1.03. The molecule has 0 aromatic heterocycles. The molecule has 0 aliphatic carbocycles. The van der Waals surface area contributed by atoms with E-state index in [1.54, 1.807) is 11.8 Å². The predicted octanol–water partition coefficient (Wildman–Crippen LogP) is 4.47. The van der Waals surface area contributed by atoms with Crippen LogP contribution in [0.1, 0.15) is 11.1 Å². The Labute approximate surface area is 107 Å². The van der Waals surface area contributed by atoms with E-state index in [0.29, 0.717) is 0 Å². The van der Waals surface area contributed by atoms with E-state index in [1.807, 2.05) is 24.4 Å². The summed E-state index contributed by atoms with van der Waals surface area (Å²) in [4.78, 5) is 5.74.